The first-order valence-electron chi connectivity index (χ1n) is 13.6. The second kappa shape index (κ2) is 25.4. The lowest BCUT2D eigenvalue weighted by Gasteiger charge is -2.24. The highest BCUT2D eigenvalue weighted by atomic mass is 32.2. The molecule has 0 amide bonds. The fraction of sp³-hybridized carbons (Fsp3) is 0.793. The summed E-state index contributed by atoms with van der Waals surface area (Å²) < 4.78 is 4.75. The van der Waals surface area contributed by atoms with E-state index in [4.69, 9.17) is 4.74 Å². The Kier molecular flexibility index (Phi) is 24.9. The smallest absolute Gasteiger partial charge is 0.302 e. The summed E-state index contributed by atoms with van der Waals surface area (Å²) in [6.07, 6.45) is 32.4. The largest absolute Gasteiger partial charge is 0.462 e. The monoisotopic (exact) mass is 512 g/mol. The molecule has 3 nitrogen and oxygen atoms in total. The third kappa shape index (κ3) is 21.8. The molecule has 0 aliphatic heterocycles. The molecule has 0 saturated carbocycles. The van der Waals surface area contributed by atoms with Crippen LogP contribution in [-0.4, -0.2) is 41.4 Å². The molecule has 198 valence electrons. The molecule has 0 bridgehead atoms. The lowest BCUT2D eigenvalue weighted by molar-refractivity contribution is -0.139. The van der Waals surface area contributed by atoms with Gasteiger partial charge >= 0.3 is 5.97 Å². The van der Waals surface area contributed by atoms with Gasteiger partial charge in [0.2, 0.25) is 0 Å². The molecule has 2 unspecified atom stereocenters. The Morgan fingerprint density at radius 3 is 1.68 bits per heavy atom. The first-order chi connectivity index (χ1) is 16.5. The molecule has 0 N–H and O–H groups in total. The third-order valence-corrected chi connectivity index (χ3v) is 8.68. The number of ketones is 1. The standard InChI is InChI=1S/C29H52O3S2/c1-5-6-23-28(33-3)29(34-4)24-19-17-15-13-11-9-7-8-10-12-14-16-18-21-27(31)22-20-25-32-26(2)30/h18,20-22,28-29H,5-17,19,23-25H2,1-4H3/b21-18+,22-20+. The minimum absolute atomic E-state index is 0.0487. The molecule has 5 heteroatoms. The van der Waals surface area contributed by atoms with E-state index in [0.717, 1.165) is 23.3 Å². The van der Waals surface area contributed by atoms with Crippen molar-refractivity contribution in [1.29, 1.82) is 0 Å². The Bertz CT molecular complexity index is 545. The Labute approximate surface area is 219 Å². The van der Waals surface area contributed by atoms with Crippen molar-refractivity contribution in [3.8, 4) is 0 Å². The molecule has 0 rings (SSSR count). The maximum atomic E-state index is 11.6. The van der Waals surface area contributed by atoms with Gasteiger partial charge in [0.1, 0.15) is 6.61 Å². The molecule has 0 heterocycles. The van der Waals surface area contributed by atoms with E-state index in [0.29, 0.717) is 0 Å². The molecular formula is C29H52O3S2. The van der Waals surface area contributed by atoms with E-state index in [1.807, 2.05) is 6.08 Å². The summed E-state index contributed by atoms with van der Waals surface area (Å²) in [5, 5.41) is 1.68. The van der Waals surface area contributed by atoms with Crippen LogP contribution in [0.2, 0.25) is 0 Å². The molecule has 0 radical (unpaired) electrons. The fourth-order valence-electron chi connectivity index (χ4n) is 4.10. The number of esters is 1. The van der Waals surface area contributed by atoms with E-state index in [2.05, 4.69) is 43.0 Å². The fourth-order valence-corrected chi connectivity index (χ4v) is 6.45. The second-order valence-electron chi connectivity index (χ2n) is 9.17. The molecule has 0 aromatic heterocycles. The molecule has 0 fully saturated rings. The third-order valence-electron chi connectivity index (χ3n) is 6.17. The Morgan fingerprint density at radius 1 is 0.706 bits per heavy atom. The van der Waals surface area contributed by atoms with E-state index >= 15 is 0 Å². The topological polar surface area (TPSA) is 43.4 Å². The van der Waals surface area contributed by atoms with E-state index in [1.165, 1.54) is 103 Å². The van der Waals surface area contributed by atoms with Crippen LogP contribution in [0.25, 0.3) is 0 Å². The number of allylic oxidation sites excluding steroid dienone is 3. The van der Waals surface area contributed by atoms with Gasteiger partial charge in [-0.1, -0.05) is 90.0 Å². The van der Waals surface area contributed by atoms with Gasteiger partial charge in [0, 0.05) is 17.4 Å². The number of hydrogen-bond donors (Lipinski definition) is 0. The van der Waals surface area contributed by atoms with Crippen molar-refractivity contribution in [2.24, 2.45) is 0 Å². The van der Waals surface area contributed by atoms with Gasteiger partial charge in [-0.25, -0.2) is 0 Å². The van der Waals surface area contributed by atoms with Crippen LogP contribution < -0.4 is 0 Å². The average molecular weight is 513 g/mol. The predicted octanol–water partition coefficient (Wildman–Crippen LogP) is 8.96. The lowest BCUT2D eigenvalue weighted by atomic mass is 10.0. The zero-order valence-electron chi connectivity index (χ0n) is 22.5. The van der Waals surface area contributed by atoms with Crippen LogP contribution in [-0.2, 0) is 14.3 Å². The van der Waals surface area contributed by atoms with Crippen LogP contribution >= 0.6 is 23.5 Å². The minimum Gasteiger partial charge on any atom is -0.462 e. The van der Waals surface area contributed by atoms with E-state index < -0.39 is 0 Å². The van der Waals surface area contributed by atoms with E-state index in [1.54, 1.807) is 12.2 Å². The van der Waals surface area contributed by atoms with Gasteiger partial charge < -0.3 is 4.74 Å². The number of ether oxygens (including phenoxy) is 1. The summed E-state index contributed by atoms with van der Waals surface area (Å²) in [6, 6.07) is 0. The maximum Gasteiger partial charge on any atom is 0.302 e. The Hall–Kier alpha value is -0.680. The molecule has 0 aliphatic rings. The molecule has 0 aromatic carbocycles. The number of thioether (sulfide) groups is 2. The summed E-state index contributed by atoms with van der Waals surface area (Å²) in [4.78, 5) is 22.2. The van der Waals surface area contributed by atoms with Crippen LogP contribution in [0.3, 0.4) is 0 Å². The zero-order valence-corrected chi connectivity index (χ0v) is 24.2. The van der Waals surface area contributed by atoms with Gasteiger partial charge in [-0.3, -0.25) is 9.59 Å². The molecule has 0 aliphatic carbocycles. The highest BCUT2D eigenvalue weighted by Gasteiger charge is 2.18. The van der Waals surface area contributed by atoms with Crippen LogP contribution in [0.4, 0.5) is 0 Å². The number of carbonyl (C=O) groups is 2. The number of rotatable bonds is 24. The van der Waals surface area contributed by atoms with Crippen molar-refractivity contribution in [1.82, 2.24) is 0 Å². The number of hydrogen-bond acceptors (Lipinski definition) is 5. The normalized spacial score (nSPS) is 13.5. The van der Waals surface area contributed by atoms with Gasteiger partial charge in [-0.15, -0.1) is 0 Å². The molecule has 0 aromatic rings. The van der Waals surface area contributed by atoms with Gasteiger partial charge in [-0.05, 0) is 56.4 Å². The predicted molar refractivity (Wildman–Crippen MR) is 154 cm³/mol. The second-order valence-corrected chi connectivity index (χ2v) is 11.3. The van der Waals surface area contributed by atoms with E-state index in [-0.39, 0.29) is 18.4 Å². The van der Waals surface area contributed by atoms with Gasteiger partial charge in [0.15, 0.2) is 5.78 Å². The van der Waals surface area contributed by atoms with Crippen molar-refractivity contribution >= 4 is 35.3 Å². The zero-order chi connectivity index (χ0) is 25.3. The van der Waals surface area contributed by atoms with Crippen molar-refractivity contribution < 1.29 is 14.3 Å². The van der Waals surface area contributed by atoms with Crippen molar-refractivity contribution in [2.75, 3.05) is 19.1 Å². The van der Waals surface area contributed by atoms with Gasteiger partial charge in [0.25, 0.3) is 0 Å². The highest BCUT2D eigenvalue weighted by Crippen LogP contribution is 2.29. The summed E-state index contributed by atoms with van der Waals surface area (Å²) in [5.41, 5.74) is 0. The summed E-state index contributed by atoms with van der Waals surface area (Å²) in [7, 11) is 0. The minimum atomic E-state index is -0.333. The van der Waals surface area contributed by atoms with Crippen LogP contribution in [0.15, 0.2) is 24.3 Å². The van der Waals surface area contributed by atoms with Crippen molar-refractivity contribution in [2.45, 2.75) is 127 Å². The van der Waals surface area contributed by atoms with Gasteiger partial charge in [-0.2, -0.15) is 23.5 Å². The first-order valence-corrected chi connectivity index (χ1v) is 16.2. The SMILES string of the molecule is CCCCC(SC)C(CCCCCCCCCCCCC/C=C/C(=O)/C=C/COC(C)=O)SC. The molecule has 0 saturated heterocycles. The van der Waals surface area contributed by atoms with Crippen LogP contribution in [0.1, 0.15) is 117 Å². The highest BCUT2D eigenvalue weighted by molar-refractivity contribution is 8.03. The quantitative estimate of drug-likeness (QED) is 0.0733. The molecule has 0 spiro atoms. The summed E-state index contributed by atoms with van der Waals surface area (Å²) in [6.45, 7) is 3.81. The lowest BCUT2D eigenvalue weighted by Crippen LogP contribution is -2.19. The molecule has 34 heavy (non-hydrogen) atoms. The number of carbonyl (C=O) groups excluding carboxylic acids is 2. The maximum absolute atomic E-state index is 11.6. The van der Waals surface area contributed by atoms with Gasteiger partial charge in [0.05, 0.1) is 0 Å². The average Bonchev–Trinajstić information content (AvgIpc) is 2.83. The molecule has 2 atom stereocenters. The first kappa shape index (κ1) is 33.3. The van der Waals surface area contributed by atoms with E-state index in [9.17, 15) is 9.59 Å². The Morgan fingerprint density at radius 2 is 1.18 bits per heavy atom. The van der Waals surface area contributed by atoms with Crippen LogP contribution in [0, 0.1) is 0 Å². The summed E-state index contributed by atoms with van der Waals surface area (Å²) >= 11 is 4.17. The Balaban J connectivity index is 3.51. The summed E-state index contributed by atoms with van der Waals surface area (Å²) in [5.74, 6) is -0.382. The number of unbranched alkanes of at least 4 members (excludes halogenated alkanes) is 12. The molecular weight excluding hydrogens is 460 g/mol. The van der Waals surface area contributed by atoms with Crippen molar-refractivity contribution in [3.63, 3.8) is 0 Å². The van der Waals surface area contributed by atoms with Crippen LogP contribution in [0.5, 0.6) is 0 Å². The van der Waals surface area contributed by atoms with Crippen molar-refractivity contribution in [3.05, 3.63) is 24.3 Å².